The number of benzene rings is 1. The number of carbonyl (C=O) groups excluding carboxylic acids is 1. The normalized spacial score (nSPS) is 19.7. The maximum absolute atomic E-state index is 10.0. The molecule has 0 saturated heterocycles. The van der Waals surface area contributed by atoms with Gasteiger partial charge in [0.25, 0.3) is 0 Å². The van der Waals surface area contributed by atoms with Gasteiger partial charge in [-0.05, 0) is 18.4 Å². The third kappa shape index (κ3) is 1.09. The molecule has 1 aliphatic carbocycles. The molecule has 0 N–H and O–H groups in total. The Morgan fingerprint density at radius 3 is 2.42 bits per heavy atom. The fourth-order valence-electron chi connectivity index (χ4n) is 1.47. The quantitative estimate of drug-likeness (QED) is 0.273. The van der Waals surface area contributed by atoms with Crippen molar-refractivity contribution >= 4 is 6.29 Å². The van der Waals surface area contributed by atoms with Crippen LogP contribution in [0.4, 0.5) is 0 Å². The highest BCUT2D eigenvalue weighted by Crippen LogP contribution is 2.45. The van der Waals surface area contributed by atoms with Crippen LogP contribution in [0.2, 0.25) is 0 Å². The average molecular weight is 162 g/mol. The van der Waals surface area contributed by atoms with Crippen LogP contribution in [0, 0.1) is 0 Å². The summed E-state index contributed by atoms with van der Waals surface area (Å²) in [6.45, 7) is 0. The highest BCUT2D eigenvalue weighted by atomic mass is 17.1. The second kappa shape index (κ2) is 2.63. The first-order valence-corrected chi connectivity index (χ1v) is 4.06. The fraction of sp³-hybridized carbons (Fsp3) is 0.300. The summed E-state index contributed by atoms with van der Waals surface area (Å²) in [5.74, 6) is 0. The van der Waals surface area contributed by atoms with Crippen LogP contribution in [0.15, 0.2) is 30.3 Å². The highest BCUT2D eigenvalue weighted by molar-refractivity contribution is 5.73. The lowest BCUT2D eigenvalue weighted by Crippen LogP contribution is -2.12. The van der Waals surface area contributed by atoms with E-state index in [9.17, 15) is 5.26 Å². The molecular weight excluding hydrogens is 152 g/mol. The van der Waals surface area contributed by atoms with Crippen LogP contribution >= 0.6 is 0 Å². The summed E-state index contributed by atoms with van der Waals surface area (Å²) in [6, 6.07) is 9.99. The van der Waals surface area contributed by atoms with Crippen molar-refractivity contribution in [3.05, 3.63) is 35.9 Å². The van der Waals surface area contributed by atoms with Crippen LogP contribution in [0.3, 0.4) is 0 Å². The Morgan fingerprint density at radius 1 is 1.25 bits per heavy atom. The summed E-state index contributed by atoms with van der Waals surface area (Å²) in [7, 11) is 0. The Labute approximate surface area is 71.1 Å². The molecule has 0 amide bonds. The van der Waals surface area contributed by atoms with Crippen LogP contribution in [-0.2, 0) is 9.99 Å². The van der Waals surface area contributed by atoms with Crippen molar-refractivity contribution < 1.29 is 9.83 Å². The van der Waals surface area contributed by atoms with E-state index in [1.54, 1.807) is 0 Å². The molecule has 1 aromatic carbocycles. The second-order valence-electron chi connectivity index (χ2n) is 3.24. The summed E-state index contributed by atoms with van der Waals surface area (Å²) in [6.07, 6.45) is 3.46. The van der Waals surface area contributed by atoms with Gasteiger partial charge in [-0.25, -0.2) is 0 Å². The zero-order chi connectivity index (χ0) is 8.44. The topological polar surface area (TPSA) is 34.4 Å². The van der Waals surface area contributed by atoms with Gasteiger partial charge in [-0.15, -0.1) is 0 Å². The third-order valence-electron chi connectivity index (χ3n) is 2.41. The van der Waals surface area contributed by atoms with E-state index in [2.05, 4.69) is 4.58 Å². The van der Waals surface area contributed by atoms with E-state index >= 15 is 0 Å². The van der Waals surface area contributed by atoms with Gasteiger partial charge < -0.3 is 5.26 Å². The van der Waals surface area contributed by atoms with Gasteiger partial charge in [-0.3, -0.25) is 0 Å². The first-order chi connectivity index (χ1) is 5.87. The average Bonchev–Trinajstić information content (AvgIpc) is 2.88. The predicted molar refractivity (Wildman–Crippen MR) is 43.4 cm³/mol. The molecule has 0 spiro atoms. The van der Waals surface area contributed by atoms with E-state index in [1.807, 2.05) is 30.3 Å². The lowest BCUT2D eigenvalue weighted by molar-refractivity contribution is -1.04. The molecule has 0 atom stereocenters. The van der Waals surface area contributed by atoms with E-state index in [0.717, 1.165) is 12.8 Å². The molecule has 0 radical (unpaired) electrons. The largest absolute Gasteiger partial charge is 0.463 e. The van der Waals surface area contributed by atoms with Crippen LogP contribution in [0.1, 0.15) is 18.4 Å². The zero-order valence-electron chi connectivity index (χ0n) is 6.69. The highest BCUT2D eigenvalue weighted by Gasteiger charge is 2.48. The van der Waals surface area contributed by atoms with Gasteiger partial charge in [-0.2, -0.15) is 4.58 Å². The minimum atomic E-state index is -0.0665. The molecule has 0 aromatic heterocycles. The van der Waals surface area contributed by atoms with Gasteiger partial charge in [0.1, 0.15) is 5.41 Å². The molecule has 12 heavy (non-hydrogen) atoms. The number of aldehydes is 1. The summed E-state index contributed by atoms with van der Waals surface area (Å²) in [5.41, 5.74) is 1.11. The van der Waals surface area contributed by atoms with Gasteiger partial charge >= 0.3 is 6.29 Å². The molecule has 0 aliphatic heterocycles. The number of hydrogen-bond acceptors (Lipinski definition) is 1. The van der Waals surface area contributed by atoms with E-state index in [0.29, 0.717) is 0 Å². The van der Waals surface area contributed by atoms with Crippen molar-refractivity contribution in [3.8, 4) is 0 Å². The van der Waals surface area contributed by atoms with Crippen molar-refractivity contribution in [2.45, 2.75) is 18.3 Å². The molecule has 1 aliphatic rings. The molecule has 1 saturated carbocycles. The standard InChI is InChI=1S/C10H10O2/c11-12-8-10(6-7-10)9-4-2-1-3-5-9/h1-5,8H,6-7H2. The maximum Gasteiger partial charge on any atom is 0.328 e. The van der Waals surface area contributed by atoms with Gasteiger partial charge in [0.2, 0.25) is 0 Å². The van der Waals surface area contributed by atoms with Crippen molar-refractivity contribution in [3.63, 3.8) is 0 Å². The summed E-state index contributed by atoms with van der Waals surface area (Å²) >= 11 is 0. The molecule has 0 bridgehead atoms. The monoisotopic (exact) mass is 162 g/mol. The Kier molecular flexibility index (Phi) is 1.61. The minimum absolute atomic E-state index is 0.0665. The van der Waals surface area contributed by atoms with E-state index in [1.165, 1.54) is 11.8 Å². The van der Waals surface area contributed by atoms with Crippen molar-refractivity contribution in [2.24, 2.45) is 0 Å². The second-order valence-corrected chi connectivity index (χ2v) is 3.24. The summed E-state index contributed by atoms with van der Waals surface area (Å²) in [4.78, 5) is 0. The first kappa shape index (κ1) is 7.35. The molecule has 1 aromatic rings. The van der Waals surface area contributed by atoms with Crippen LogP contribution < -0.4 is 5.26 Å². The van der Waals surface area contributed by atoms with Gasteiger partial charge in [-0.1, -0.05) is 30.3 Å². The molecular formula is C10H10O2. The van der Waals surface area contributed by atoms with Gasteiger partial charge in [0, 0.05) is 0 Å². The third-order valence-corrected chi connectivity index (χ3v) is 2.41. The molecule has 2 rings (SSSR count). The van der Waals surface area contributed by atoms with Crippen LogP contribution in [-0.4, -0.2) is 6.29 Å². The number of hydrogen-bond donors (Lipinski definition) is 0. The molecule has 62 valence electrons. The van der Waals surface area contributed by atoms with E-state index in [-0.39, 0.29) is 5.41 Å². The fourth-order valence-corrected chi connectivity index (χ4v) is 1.47. The van der Waals surface area contributed by atoms with E-state index < -0.39 is 0 Å². The minimum Gasteiger partial charge on any atom is -0.463 e. The summed E-state index contributed by atoms with van der Waals surface area (Å²) < 4.78 is 3.85. The van der Waals surface area contributed by atoms with Gasteiger partial charge in [0.15, 0.2) is 0 Å². The van der Waals surface area contributed by atoms with Crippen LogP contribution in [0.25, 0.3) is 0 Å². The lowest BCUT2D eigenvalue weighted by Gasteiger charge is -2.02. The van der Waals surface area contributed by atoms with Crippen molar-refractivity contribution in [1.82, 2.24) is 0 Å². The first-order valence-electron chi connectivity index (χ1n) is 4.06. The van der Waals surface area contributed by atoms with E-state index in [4.69, 9.17) is 0 Å². The zero-order valence-corrected chi connectivity index (χ0v) is 6.69. The lowest BCUT2D eigenvalue weighted by atomic mass is 9.98. The molecule has 0 unspecified atom stereocenters. The van der Waals surface area contributed by atoms with Crippen molar-refractivity contribution in [1.29, 1.82) is 0 Å². The Hall–Kier alpha value is -1.31. The molecule has 2 nitrogen and oxygen atoms in total. The summed E-state index contributed by atoms with van der Waals surface area (Å²) in [5, 5.41) is 10.0. The van der Waals surface area contributed by atoms with Crippen LogP contribution in [0.5, 0.6) is 0 Å². The maximum atomic E-state index is 10.0. The Balaban J connectivity index is 2.31. The van der Waals surface area contributed by atoms with Gasteiger partial charge in [0.05, 0.1) is 0 Å². The molecule has 2 heteroatoms. The Morgan fingerprint density at radius 2 is 1.92 bits per heavy atom. The SMILES string of the molecule is [O-][O+]=CC1(c2ccccc2)CC1. The Bertz CT molecular complexity index is 286. The molecule has 1 fully saturated rings. The number of rotatable bonds is 2. The molecule has 0 heterocycles. The predicted octanol–water partition coefficient (Wildman–Crippen LogP) is 0.728. The smallest absolute Gasteiger partial charge is 0.328 e. The van der Waals surface area contributed by atoms with Crippen molar-refractivity contribution in [2.75, 3.05) is 0 Å².